The Hall–Kier alpha value is -3.20. The standard InChI is InChI=1S/C15H16N4O2/c1-3-5-12(19-4-2)10(8-16)14(18)9-6-11(17)15(21)13(20)7-9/h3-7,20-21H,1,17-18H2,2H3/b12-5-,14-10-,19-4-. The van der Waals surface area contributed by atoms with E-state index in [0.717, 1.165) is 0 Å². The third kappa shape index (κ3) is 3.42. The lowest BCUT2D eigenvalue weighted by molar-refractivity contribution is 0.405. The average Bonchev–Trinajstić information content (AvgIpc) is 2.45. The Kier molecular flexibility index (Phi) is 5.15. The summed E-state index contributed by atoms with van der Waals surface area (Å²) in [7, 11) is 0. The summed E-state index contributed by atoms with van der Waals surface area (Å²) in [4.78, 5) is 4.06. The van der Waals surface area contributed by atoms with Crippen molar-refractivity contribution in [1.82, 2.24) is 0 Å². The molecule has 0 aromatic heterocycles. The molecule has 21 heavy (non-hydrogen) atoms. The second-order valence-corrected chi connectivity index (χ2v) is 4.01. The predicted molar refractivity (Wildman–Crippen MR) is 83.4 cm³/mol. The molecule has 0 unspecified atom stereocenters. The van der Waals surface area contributed by atoms with Gasteiger partial charge in [-0.2, -0.15) is 5.26 Å². The fourth-order valence-electron chi connectivity index (χ4n) is 1.64. The van der Waals surface area contributed by atoms with Gasteiger partial charge in [-0.15, -0.1) is 0 Å². The van der Waals surface area contributed by atoms with E-state index in [2.05, 4.69) is 11.6 Å². The van der Waals surface area contributed by atoms with E-state index in [-0.39, 0.29) is 17.0 Å². The summed E-state index contributed by atoms with van der Waals surface area (Å²) in [6, 6.07) is 4.55. The molecule has 0 saturated carbocycles. The van der Waals surface area contributed by atoms with E-state index in [0.29, 0.717) is 11.3 Å². The summed E-state index contributed by atoms with van der Waals surface area (Å²) in [5.74, 6) is -0.850. The minimum absolute atomic E-state index is 0.0431. The molecule has 6 N–H and O–H groups in total. The zero-order chi connectivity index (χ0) is 16.0. The quantitative estimate of drug-likeness (QED) is 0.221. The van der Waals surface area contributed by atoms with E-state index in [9.17, 15) is 15.5 Å². The lowest BCUT2D eigenvalue weighted by Crippen LogP contribution is -2.03. The first-order valence-corrected chi connectivity index (χ1v) is 5.99. The normalized spacial score (nSPS) is 12.9. The van der Waals surface area contributed by atoms with Crippen molar-refractivity contribution in [2.45, 2.75) is 6.92 Å². The van der Waals surface area contributed by atoms with Gasteiger partial charge in [-0.1, -0.05) is 12.7 Å². The first kappa shape index (κ1) is 15.9. The van der Waals surface area contributed by atoms with Gasteiger partial charge in [0.1, 0.15) is 11.6 Å². The zero-order valence-corrected chi connectivity index (χ0v) is 11.5. The average molecular weight is 284 g/mol. The number of benzene rings is 1. The van der Waals surface area contributed by atoms with Gasteiger partial charge in [0.15, 0.2) is 11.5 Å². The third-order valence-corrected chi connectivity index (χ3v) is 2.61. The number of aliphatic imine (C=N–C) groups is 1. The van der Waals surface area contributed by atoms with Crippen molar-refractivity contribution >= 4 is 17.6 Å². The number of anilines is 1. The summed E-state index contributed by atoms with van der Waals surface area (Å²) in [6.45, 7) is 5.26. The molecule has 6 nitrogen and oxygen atoms in total. The highest BCUT2D eigenvalue weighted by molar-refractivity contribution is 5.79. The molecule has 0 saturated heterocycles. The van der Waals surface area contributed by atoms with Crippen molar-refractivity contribution < 1.29 is 10.2 Å². The number of phenolic OH excluding ortho intramolecular Hbond substituents is 2. The van der Waals surface area contributed by atoms with Crippen LogP contribution in [0.1, 0.15) is 12.5 Å². The van der Waals surface area contributed by atoms with Gasteiger partial charge in [-0.3, -0.25) is 4.99 Å². The Bertz CT molecular complexity index is 671. The highest BCUT2D eigenvalue weighted by Gasteiger charge is 2.13. The number of phenols is 2. The van der Waals surface area contributed by atoms with Crippen LogP contribution < -0.4 is 11.5 Å². The molecule has 1 rings (SSSR count). The third-order valence-electron chi connectivity index (χ3n) is 2.61. The van der Waals surface area contributed by atoms with Crippen molar-refractivity contribution in [2.24, 2.45) is 10.7 Å². The second kappa shape index (κ2) is 6.82. The minimum Gasteiger partial charge on any atom is -0.504 e. The van der Waals surface area contributed by atoms with E-state index in [1.165, 1.54) is 30.5 Å². The van der Waals surface area contributed by atoms with Gasteiger partial charge in [0.25, 0.3) is 0 Å². The fourth-order valence-corrected chi connectivity index (χ4v) is 1.64. The maximum atomic E-state index is 9.58. The number of nitrogens with two attached hydrogens (primary N) is 2. The molecule has 0 aliphatic rings. The number of aromatic hydroxyl groups is 2. The van der Waals surface area contributed by atoms with E-state index in [1.807, 2.05) is 6.07 Å². The predicted octanol–water partition coefficient (Wildman–Crippen LogP) is 2.03. The largest absolute Gasteiger partial charge is 0.504 e. The maximum absolute atomic E-state index is 9.58. The van der Waals surface area contributed by atoms with Crippen LogP contribution in [0.3, 0.4) is 0 Å². The van der Waals surface area contributed by atoms with Crippen LogP contribution in [0.4, 0.5) is 5.69 Å². The molecule has 0 spiro atoms. The fraction of sp³-hybridized carbons (Fsp3) is 0.0667. The van der Waals surface area contributed by atoms with Gasteiger partial charge in [0.05, 0.1) is 17.1 Å². The number of hydrogen-bond acceptors (Lipinski definition) is 6. The summed E-state index contributed by atoms with van der Waals surface area (Å²) >= 11 is 0. The summed E-state index contributed by atoms with van der Waals surface area (Å²) < 4.78 is 0. The Balaban J connectivity index is 3.55. The molecule has 108 valence electrons. The molecule has 0 fully saturated rings. The first-order chi connectivity index (χ1) is 9.96. The summed E-state index contributed by atoms with van der Waals surface area (Å²) in [5, 5.41) is 28.3. The zero-order valence-electron chi connectivity index (χ0n) is 11.5. The molecule has 1 aromatic carbocycles. The van der Waals surface area contributed by atoms with Crippen molar-refractivity contribution in [3.63, 3.8) is 0 Å². The van der Waals surface area contributed by atoms with Gasteiger partial charge in [-0.05, 0) is 25.1 Å². The van der Waals surface area contributed by atoms with Crippen LogP contribution in [0.5, 0.6) is 11.5 Å². The molecular weight excluding hydrogens is 268 g/mol. The van der Waals surface area contributed by atoms with Crippen LogP contribution in [0.2, 0.25) is 0 Å². The van der Waals surface area contributed by atoms with Crippen LogP contribution in [-0.2, 0) is 0 Å². The summed E-state index contributed by atoms with van der Waals surface area (Å²) in [5.41, 5.74) is 12.3. The van der Waals surface area contributed by atoms with Gasteiger partial charge in [0.2, 0.25) is 0 Å². The molecule has 0 aliphatic carbocycles. The van der Waals surface area contributed by atoms with Crippen LogP contribution >= 0.6 is 0 Å². The Morgan fingerprint density at radius 2 is 2.10 bits per heavy atom. The van der Waals surface area contributed by atoms with Crippen LogP contribution in [0, 0.1) is 11.3 Å². The number of nitriles is 1. The number of nitrogen functional groups attached to an aromatic ring is 1. The smallest absolute Gasteiger partial charge is 0.181 e. The molecule has 0 radical (unpaired) electrons. The van der Waals surface area contributed by atoms with E-state index in [4.69, 9.17) is 11.5 Å². The van der Waals surface area contributed by atoms with Gasteiger partial charge in [0, 0.05) is 11.8 Å². The second-order valence-electron chi connectivity index (χ2n) is 4.01. The van der Waals surface area contributed by atoms with Gasteiger partial charge >= 0.3 is 0 Å². The summed E-state index contributed by atoms with van der Waals surface area (Å²) in [6.07, 6.45) is 4.53. The molecule has 0 aliphatic heterocycles. The van der Waals surface area contributed by atoms with Crippen LogP contribution in [-0.4, -0.2) is 16.4 Å². The number of nitrogens with zero attached hydrogens (tertiary/aromatic N) is 2. The Morgan fingerprint density at radius 1 is 1.43 bits per heavy atom. The number of hydrogen-bond donors (Lipinski definition) is 4. The molecule has 0 bridgehead atoms. The molecule has 1 aromatic rings. The molecular formula is C15H16N4O2. The highest BCUT2D eigenvalue weighted by Crippen LogP contribution is 2.34. The lowest BCUT2D eigenvalue weighted by atomic mass is 10.0. The van der Waals surface area contributed by atoms with Crippen molar-refractivity contribution in [2.75, 3.05) is 5.73 Å². The molecule has 0 heterocycles. The van der Waals surface area contributed by atoms with Crippen molar-refractivity contribution in [1.29, 1.82) is 5.26 Å². The number of allylic oxidation sites excluding steroid dienone is 3. The topological polar surface area (TPSA) is 129 Å². The Morgan fingerprint density at radius 3 is 2.57 bits per heavy atom. The molecule has 6 heteroatoms. The van der Waals surface area contributed by atoms with Crippen LogP contribution in [0.25, 0.3) is 5.70 Å². The van der Waals surface area contributed by atoms with Crippen molar-refractivity contribution in [3.05, 3.63) is 47.7 Å². The van der Waals surface area contributed by atoms with E-state index >= 15 is 0 Å². The SMILES string of the molecule is C=C/C=C(\N=C/C)C(/C#N)=C(\N)c1cc(N)c(O)c(O)c1. The lowest BCUT2D eigenvalue weighted by Gasteiger charge is -2.09. The van der Waals surface area contributed by atoms with E-state index < -0.39 is 11.5 Å². The Labute approximate surface area is 122 Å². The minimum atomic E-state index is -0.432. The molecule has 0 amide bonds. The van der Waals surface area contributed by atoms with E-state index in [1.54, 1.807) is 6.92 Å². The van der Waals surface area contributed by atoms with Gasteiger partial charge in [-0.25, -0.2) is 0 Å². The monoisotopic (exact) mass is 284 g/mol. The van der Waals surface area contributed by atoms with Crippen molar-refractivity contribution in [3.8, 4) is 17.6 Å². The van der Waals surface area contributed by atoms with Gasteiger partial charge < -0.3 is 21.7 Å². The highest BCUT2D eigenvalue weighted by atomic mass is 16.3. The number of rotatable bonds is 4. The maximum Gasteiger partial charge on any atom is 0.181 e. The first-order valence-electron chi connectivity index (χ1n) is 5.99. The van der Waals surface area contributed by atoms with Crippen LogP contribution in [0.15, 0.2) is 47.1 Å². The molecule has 0 atom stereocenters.